The summed E-state index contributed by atoms with van der Waals surface area (Å²) in [7, 11) is 1.98. The molecule has 1 aliphatic heterocycles. The summed E-state index contributed by atoms with van der Waals surface area (Å²) in [6, 6.07) is 4.16. The van der Waals surface area contributed by atoms with Crippen LogP contribution in [-0.2, 0) is 19.9 Å². The van der Waals surface area contributed by atoms with Crippen LogP contribution in [0.2, 0.25) is 0 Å². The molecular formula is C22H31N7. The molecule has 7 heteroatoms. The van der Waals surface area contributed by atoms with Gasteiger partial charge in [0.1, 0.15) is 5.65 Å². The number of aromatic nitrogens is 4. The van der Waals surface area contributed by atoms with Crippen LogP contribution in [0.15, 0.2) is 41.9 Å². The van der Waals surface area contributed by atoms with Gasteiger partial charge < -0.3 is 14.6 Å². The van der Waals surface area contributed by atoms with Gasteiger partial charge in [-0.05, 0) is 49.8 Å². The summed E-state index contributed by atoms with van der Waals surface area (Å²) in [5.74, 6) is 1.69. The van der Waals surface area contributed by atoms with Crippen LogP contribution in [0.1, 0.15) is 30.2 Å². The number of imidazole rings is 1. The lowest BCUT2D eigenvalue weighted by atomic mass is 10.0. The second kappa shape index (κ2) is 8.68. The molecule has 7 nitrogen and oxygen atoms in total. The van der Waals surface area contributed by atoms with Gasteiger partial charge in [-0.15, -0.1) is 0 Å². The number of nitrogens with one attached hydrogen (secondary N) is 1. The molecule has 1 N–H and O–H groups in total. The average molecular weight is 394 g/mol. The first-order valence-corrected chi connectivity index (χ1v) is 10.6. The van der Waals surface area contributed by atoms with E-state index >= 15 is 0 Å². The van der Waals surface area contributed by atoms with Crippen molar-refractivity contribution in [2.75, 3.05) is 26.2 Å². The number of nitrogens with zero attached hydrogens (tertiary/aromatic N) is 6. The number of fused-ring (bicyclic) bond motifs is 1. The van der Waals surface area contributed by atoms with Gasteiger partial charge in [-0.2, -0.15) is 5.10 Å². The summed E-state index contributed by atoms with van der Waals surface area (Å²) in [4.78, 5) is 12.1. The minimum Gasteiger partial charge on any atom is -0.357 e. The van der Waals surface area contributed by atoms with Crippen molar-refractivity contribution in [3.8, 4) is 0 Å². The molecule has 3 aromatic heterocycles. The first-order valence-electron chi connectivity index (χ1n) is 10.6. The van der Waals surface area contributed by atoms with E-state index in [-0.39, 0.29) is 0 Å². The number of rotatable bonds is 6. The number of hydrogen-bond acceptors (Lipinski definition) is 3. The lowest BCUT2D eigenvalue weighted by molar-refractivity contribution is 0.460. The lowest BCUT2D eigenvalue weighted by Crippen LogP contribution is -2.40. The van der Waals surface area contributed by atoms with Gasteiger partial charge in [-0.1, -0.05) is 6.07 Å². The molecule has 1 atom stereocenters. The lowest BCUT2D eigenvalue weighted by Gasteiger charge is -2.21. The van der Waals surface area contributed by atoms with Crippen molar-refractivity contribution in [2.24, 2.45) is 18.0 Å². The standard InChI is InChI=1S/C22H31N7/c1-4-23-22(29-11-8-18(15-29)12-19-13-25-27(3)14-19)24-9-7-20-16-28-10-5-6-17(2)21(28)26-20/h5-6,10,13-14,16,18H,4,7-9,11-12,15H2,1-3H3,(H,23,24). The number of pyridine rings is 1. The molecule has 154 valence electrons. The van der Waals surface area contributed by atoms with Gasteiger partial charge >= 0.3 is 0 Å². The molecule has 1 unspecified atom stereocenters. The van der Waals surface area contributed by atoms with Gasteiger partial charge in [-0.3, -0.25) is 9.67 Å². The fourth-order valence-electron chi connectivity index (χ4n) is 4.13. The highest BCUT2D eigenvalue weighted by Gasteiger charge is 2.25. The number of aryl methyl sites for hydroxylation is 2. The second-order valence-electron chi connectivity index (χ2n) is 7.97. The maximum absolute atomic E-state index is 4.89. The fraction of sp³-hybridized carbons (Fsp3) is 0.500. The van der Waals surface area contributed by atoms with Crippen LogP contribution in [0.4, 0.5) is 0 Å². The smallest absolute Gasteiger partial charge is 0.193 e. The first-order chi connectivity index (χ1) is 14.1. The van der Waals surface area contributed by atoms with Crippen molar-refractivity contribution in [2.45, 2.75) is 33.1 Å². The summed E-state index contributed by atoms with van der Waals surface area (Å²) in [5, 5.41) is 7.76. The maximum Gasteiger partial charge on any atom is 0.193 e. The van der Waals surface area contributed by atoms with E-state index in [1.54, 1.807) is 0 Å². The summed E-state index contributed by atoms with van der Waals surface area (Å²) in [6.07, 6.45) is 11.4. The zero-order chi connectivity index (χ0) is 20.2. The van der Waals surface area contributed by atoms with E-state index in [4.69, 9.17) is 9.98 Å². The topological polar surface area (TPSA) is 62.8 Å². The molecule has 0 aliphatic carbocycles. The molecule has 29 heavy (non-hydrogen) atoms. The van der Waals surface area contributed by atoms with Crippen LogP contribution in [0.3, 0.4) is 0 Å². The van der Waals surface area contributed by atoms with E-state index in [9.17, 15) is 0 Å². The zero-order valence-electron chi connectivity index (χ0n) is 17.7. The van der Waals surface area contributed by atoms with Crippen LogP contribution in [0.25, 0.3) is 5.65 Å². The number of guanidine groups is 1. The average Bonchev–Trinajstić information content (AvgIpc) is 3.42. The Morgan fingerprint density at radius 3 is 3.00 bits per heavy atom. The van der Waals surface area contributed by atoms with Gasteiger partial charge in [0.15, 0.2) is 5.96 Å². The normalized spacial score (nSPS) is 17.4. The van der Waals surface area contributed by atoms with Crippen LogP contribution in [0.5, 0.6) is 0 Å². The number of likely N-dealkylation sites (tertiary alicyclic amines) is 1. The highest BCUT2D eigenvalue weighted by molar-refractivity contribution is 5.80. The van der Waals surface area contributed by atoms with Gasteiger partial charge in [0.05, 0.1) is 11.9 Å². The summed E-state index contributed by atoms with van der Waals surface area (Å²) in [5.41, 5.74) is 4.65. The molecule has 0 spiro atoms. The highest BCUT2D eigenvalue weighted by Crippen LogP contribution is 2.20. The van der Waals surface area contributed by atoms with Crippen LogP contribution in [-0.4, -0.2) is 56.2 Å². The third-order valence-corrected chi connectivity index (χ3v) is 5.56. The van der Waals surface area contributed by atoms with E-state index in [0.717, 1.165) is 56.3 Å². The van der Waals surface area contributed by atoms with Gasteiger partial charge in [0.25, 0.3) is 0 Å². The van der Waals surface area contributed by atoms with Crippen molar-refractivity contribution >= 4 is 11.6 Å². The maximum atomic E-state index is 4.89. The third-order valence-electron chi connectivity index (χ3n) is 5.56. The van der Waals surface area contributed by atoms with Crippen LogP contribution in [0, 0.1) is 12.8 Å². The van der Waals surface area contributed by atoms with Gasteiger partial charge in [-0.25, -0.2) is 4.98 Å². The Balaban J connectivity index is 1.36. The molecule has 3 aromatic rings. The van der Waals surface area contributed by atoms with E-state index in [1.807, 2.05) is 17.9 Å². The van der Waals surface area contributed by atoms with Crippen molar-refractivity contribution in [1.29, 1.82) is 0 Å². The molecule has 0 saturated carbocycles. The summed E-state index contributed by atoms with van der Waals surface area (Å²) in [6.45, 7) is 7.97. The quantitative estimate of drug-likeness (QED) is 0.516. The summed E-state index contributed by atoms with van der Waals surface area (Å²) >= 11 is 0. The summed E-state index contributed by atoms with van der Waals surface area (Å²) < 4.78 is 3.98. The van der Waals surface area contributed by atoms with E-state index in [2.05, 4.69) is 64.3 Å². The number of hydrogen-bond donors (Lipinski definition) is 1. The fourth-order valence-corrected chi connectivity index (χ4v) is 4.13. The van der Waals surface area contributed by atoms with Crippen molar-refractivity contribution in [1.82, 2.24) is 29.4 Å². The first kappa shape index (κ1) is 19.5. The number of aliphatic imine (C=N–C) groups is 1. The van der Waals surface area contributed by atoms with E-state index < -0.39 is 0 Å². The minimum atomic E-state index is 0.657. The molecule has 1 saturated heterocycles. The Morgan fingerprint density at radius 1 is 1.34 bits per heavy atom. The minimum absolute atomic E-state index is 0.657. The largest absolute Gasteiger partial charge is 0.357 e. The Bertz CT molecular complexity index is 984. The van der Waals surface area contributed by atoms with E-state index in [0.29, 0.717) is 5.92 Å². The Morgan fingerprint density at radius 2 is 2.24 bits per heavy atom. The molecule has 1 aliphatic rings. The molecule has 4 heterocycles. The van der Waals surface area contributed by atoms with Crippen molar-refractivity contribution in [3.63, 3.8) is 0 Å². The molecule has 0 amide bonds. The van der Waals surface area contributed by atoms with Gasteiger partial charge in [0, 0.05) is 58.2 Å². The van der Waals surface area contributed by atoms with Crippen molar-refractivity contribution in [3.05, 3.63) is 53.7 Å². The van der Waals surface area contributed by atoms with Crippen LogP contribution < -0.4 is 5.32 Å². The SMILES string of the molecule is CCNC(=NCCc1cn2cccc(C)c2n1)N1CCC(Cc2cnn(C)c2)C1. The molecule has 0 radical (unpaired) electrons. The Labute approximate surface area is 172 Å². The molecule has 0 aromatic carbocycles. The Kier molecular flexibility index (Phi) is 5.83. The van der Waals surface area contributed by atoms with Gasteiger partial charge in [0.2, 0.25) is 0 Å². The second-order valence-corrected chi connectivity index (χ2v) is 7.97. The third kappa shape index (κ3) is 4.60. The molecule has 1 fully saturated rings. The highest BCUT2D eigenvalue weighted by atomic mass is 15.3. The zero-order valence-corrected chi connectivity index (χ0v) is 17.7. The molecule has 0 bridgehead atoms. The Hall–Kier alpha value is -2.83. The monoisotopic (exact) mass is 393 g/mol. The molecular weight excluding hydrogens is 362 g/mol. The predicted octanol–water partition coefficient (Wildman–Crippen LogP) is 2.45. The van der Waals surface area contributed by atoms with Crippen molar-refractivity contribution < 1.29 is 0 Å². The predicted molar refractivity (Wildman–Crippen MR) is 116 cm³/mol. The van der Waals surface area contributed by atoms with Crippen LogP contribution >= 0.6 is 0 Å². The molecule has 4 rings (SSSR count). The van der Waals surface area contributed by atoms with E-state index in [1.165, 1.54) is 17.5 Å².